The fraction of sp³-hybridized carbons (Fsp3) is 0.200. The lowest BCUT2D eigenvalue weighted by Gasteiger charge is -2.18. The minimum absolute atomic E-state index is 0.0838. The first-order chi connectivity index (χ1) is 9.69. The summed E-state index contributed by atoms with van der Waals surface area (Å²) in [4.78, 5) is 12.7. The second-order valence-corrected chi connectivity index (χ2v) is 5.10. The Morgan fingerprint density at radius 2 is 1.80 bits per heavy atom. The number of fused-ring (bicyclic) bond motifs is 1. The number of nitro groups is 1. The first kappa shape index (κ1) is 12.9. The number of halogens is 1. The van der Waals surface area contributed by atoms with Crippen molar-refractivity contribution in [1.82, 2.24) is 0 Å². The lowest BCUT2D eigenvalue weighted by atomic mass is 10.1. The molecule has 1 aliphatic rings. The molecule has 0 fully saturated rings. The zero-order valence-corrected chi connectivity index (χ0v) is 11.5. The summed E-state index contributed by atoms with van der Waals surface area (Å²) in [5, 5.41) is 10.9. The number of alkyl halides is 1. The van der Waals surface area contributed by atoms with Gasteiger partial charge in [0.05, 0.1) is 10.8 Å². The maximum absolute atomic E-state index is 10.9. The summed E-state index contributed by atoms with van der Waals surface area (Å²) in [6, 6.07) is 13.4. The van der Waals surface area contributed by atoms with Gasteiger partial charge >= 0.3 is 0 Å². The fourth-order valence-corrected chi connectivity index (χ4v) is 2.78. The van der Waals surface area contributed by atoms with Crippen LogP contribution in [0.4, 0.5) is 11.4 Å². The molecular formula is C15H13ClN2O2. The predicted octanol–water partition coefficient (Wildman–Crippen LogP) is 3.85. The minimum Gasteiger partial charge on any atom is -0.363 e. The van der Waals surface area contributed by atoms with Crippen LogP contribution in [-0.4, -0.2) is 4.92 Å². The van der Waals surface area contributed by atoms with Crippen LogP contribution in [0, 0.1) is 10.1 Å². The van der Waals surface area contributed by atoms with Crippen molar-refractivity contribution < 1.29 is 4.92 Å². The second-order valence-electron chi connectivity index (χ2n) is 4.83. The molecule has 20 heavy (non-hydrogen) atoms. The highest BCUT2D eigenvalue weighted by Gasteiger charge is 2.21. The van der Waals surface area contributed by atoms with Crippen molar-refractivity contribution in [2.24, 2.45) is 0 Å². The van der Waals surface area contributed by atoms with Gasteiger partial charge in [-0.2, -0.15) is 0 Å². The Kier molecular flexibility index (Phi) is 3.32. The van der Waals surface area contributed by atoms with E-state index in [1.807, 2.05) is 18.2 Å². The number of hydrogen-bond donors (Lipinski definition) is 0. The summed E-state index contributed by atoms with van der Waals surface area (Å²) in [6.45, 7) is 1.66. The predicted molar refractivity (Wildman–Crippen MR) is 79.0 cm³/mol. The molecule has 102 valence electrons. The van der Waals surface area contributed by atoms with E-state index in [9.17, 15) is 10.1 Å². The van der Waals surface area contributed by atoms with E-state index >= 15 is 0 Å². The Balaban J connectivity index is 1.91. The van der Waals surface area contributed by atoms with Crippen LogP contribution in [0.15, 0.2) is 42.5 Å². The van der Waals surface area contributed by atoms with Crippen LogP contribution >= 0.6 is 11.6 Å². The fourth-order valence-electron chi connectivity index (χ4n) is 2.57. The quantitative estimate of drug-likeness (QED) is 0.489. The Labute approximate surface area is 121 Å². The largest absolute Gasteiger partial charge is 0.363 e. The van der Waals surface area contributed by atoms with E-state index in [4.69, 9.17) is 11.6 Å². The average molecular weight is 289 g/mol. The molecule has 0 aliphatic carbocycles. The standard InChI is InChI=1S/C15H13ClN2O2/c16-8-13-7-14(5-6-15(13)18(19)20)17-9-11-3-1-2-4-12(11)10-17/h1-7H,8-10H2. The molecule has 0 spiro atoms. The molecule has 0 saturated heterocycles. The highest BCUT2D eigenvalue weighted by atomic mass is 35.5. The molecule has 2 aromatic rings. The van der Waals surface area contributed by atoms with Crippen molar-refractivity contribution in [1.29, 1.82) is 0 Å². The molecule has 0 aromatic heterocycles. The van der Waals surface area contributed by atoms with E-state index in [0.29, 0.717) is 5.56 Å². The van der Waals surface area contributed by atoms with E-state index in [0.717, 1.165) is 18.8 Å². The molecule has 0 unspecified atom stereocenters. The van der Waals surface area contributed by atoms with Crippen LogP contribution in [0.1, 0.15) is 16.7 Å². The van der Waals surface area contributed by atoms with Gasteiger partial charge in [-0.15, -0.1) is 11.6 Å². The lowest BCUT2D eigenvalue weighted by Crippen LogP contribution is -2.14. The Morgan fingerprint density at radius 3 is 2.35 bits per heavy atom. The lowest BCUT2D eigenvalue weighted by molar-refractivity contribution is -0.385. The van der Waals surface area contributed by atoms with Crippen LogP contribution in [0.2, 0.25) is 0 Å². The van der Waals surface area contributed by atoms with E-state index < -0.39 is 0 Å². The first-order valence-electron chi connectivity index (χ1n) is 6.34. The van der Waals surface area contributed by atoms with Gasteiger partial charge in [0, 0.05) is 30.4 Å². The van der Waals surface area contributed by atoms with Gasteiger partial charge in [0.2, 0.25) is 0 Å². The van der Waals surface area contributed by atoms with Crippen molar-refractivity contribution in [2.45, 2.75) is 19.0 Å². The van der Waals surface area contributed by atoms with E-state index in [-0.39, 0.29) is 16.5 Å². The third-order valence-electron chi connectivity index (χ3n) is 3.61. The van der Waals surface area contributed by atoms with Gasteiger partial charge in [-0.05, 0) is 23.3 Å². The van der Waals surface area contributed by atoms with Crippen molar-refractivity contribution >= 4 is 23.0 Å². The maximum atomic E-state index is 10.9. The average Bonchev–Trinajstić information content (AvgIpc) is 2.90. The number of nitro benzene ring substituents is 1. The van der Waals surface area contributed by atoms with Gasteiger partial charge < -0.3 is 4.90 Å². The molecule has 5 heteroatoms. The normalized spacial score (nSPS) is 13.3. The third kappa shape index (κ3) is 2.23. The highest BCUT2D eigenvalue weighted by Crippen LogP contribution is 2.31. The Hall–Kier alpha value is -2.07. The number of hydrogen-bond acceptors (Lipinski definition) is 3. The zero-order chi connectivity index (χ0) is 14.1. The van der Waals surface area contributed by atoms with Gasteiger partial charge in [-0.25, -0.2) is 0 Å². The van der Waals surface area contributed by atoms with Crippen molar-refractivity contribution in [3.05, 3.63) is 69.3 Å². The molecule has 1 heterocycles. The van der Waals surface area contributed by atoms with Crippen LogP contribution in [0.3, 0.4) is 0 Å². The van der Waals surface area contributed by atoms with Crippen molar-refractivity contribution in [3.8, 4) is 0 Å². The molecule has 2 aromatic carbocycles. The summed E-state index contributed by atoms with van der Waals surface area (Å²) in [7, 11) is 0. The van der Waals surface area contributed by atoms with Gasteiger partial charge in [0.25, 0.3) is 5.69 Å². The number of benzene rings is 2. The van der Waals surface area contributed by atoms with Gasteiger partial charge in [-0.1, -0.05) is 24.3 Å². The van der Waals surface area contributed by atoms with Crippen LogP contribution in [-0.2, 0) is 19.0 Å². The number of rotatable bonds is 3. The molecule has 4 nitrogen and oxygen atoms in total. The van der Waals surface area contributed by atoms with Crippen LogP contribution < -0.4 is 4.90 Å². The van der Waals surface area contributed by atoms with Crippen molar-refractivity contribution in [2.75, 3.05) is 4.90 Å². The SMILES string of the molecule is O=[N+]([O-])c1ccc(N2Cc3ccccc3C2)cc1CCl. The van der Waals surface area contributed by atoms with E-state index in [2.05, 4.69) is 17.0 Å². The van der Waals surface area contributed by atoms with Gasteiger partial charge in [-0.3, -0.25) is 10.1 Å². The van der Waals surface area contributed by atoms with E-state index in [1.165, 1.54) is 17.2 Å². The number of anilines is 1. The summed E-state index contributed by atoms with van der Waals surface area (Å²) in [5.74, 6) is 0.144. The van der Waals surface area contributed by atoms with Crippen LogP contribution in [0.5, 0.6) is 0 Å². The molecule has 3 rings (SSSR count). The molecule has 0 saturated carbocycles. The summed E-state index contributed by atoms with van der Waals surface area (Å²) in [6.07, 6.45) is 0. The second kappa shape index (κ2) is 5.13. The van der Waals surface area contributed by atoms with Crippen molar-refractivity contribution in [3.63, 3.8) is 0 Å². The Bertz CT molecular complexity index is 648. The molecule has 0 amide bonds. The highest BCUT2D eigenvalue weighted by molar-refractivity contribution is 6.17. The topological polar surface area (TPSA) is 46.4 Å². The van der Waals surface area contributed by atoms with Crippen LogP contribution in [0.25, 0.3) is 0 Å². The monoisotopic (exact) mass is 288 g/mol. The van der Waals surface area contributed by atoms with E-state index in [1.54, 1.807) is 6.07 Å². The molecule has 1 aliphatic heterocycles. The first-order valence-corrected chi connectivity index (χ1v) is 6.87. The molecule has 0 bridgehead atoms. The van der Waals surface area contributed by atoms with Gasteiger partial charge in [0.1, 0.15) is 0 Å². The number of nitrogens with zero attached hydrogens (tertiary/aromatic N) is 2. The Morgan fingerprint density at radius 1 is 1.15 bits per heavy atom. The third-order valence-corrected chi connectivity index (χ3v) is 3.90. The summed E-state index contributed by atoms with van der Waals surface area (Å²) in [5.41, 5.74) is 4.23. The summed E-state index contributed by atoms with van der Waals surface area (Å²) < 4.78 is 0. The molecule has 0 N–H and O–H groups in total. The minimum atomic E-state index is -0.389. The molecule has 0 atom stereocenters. The molecule has 0 radical (unpaired) electrons. The maximum Gasteiger partial charge on any atom is 0.273 e. The summed E-state index contributed by atoms with van der Waals surface area (Å²) >= 11 is 5.82. The van der Waals surface area contributed by atoms with Gasteiger partial charge in [0.15, 0.2) is 0 Å². The zero-order valence-electron chi connectivity index (χ0n) is 10.8. The smallest absolute Gasteiger partial charge is 0.273 e. The molecular weight excluding hydrogens is 276 g/mol.